The van der Waals surface area contributed by atoms with Crippen molar-refractivity contribution in [2.45, 2.75) is 13.3 Å². The standard InChI is InChI=1S/C12H8Cl4N2O/c1-2-6-11(16)17-5-18-12(6)19-10-4-8(14)7(13)3-9(10)15/h3-5H,2H2,1H3. The summed E-state index contributed by atoms with van der Waals surface area (Å²) in [5.41, 5.74) is 0.700. The van der Waals surface area contributed by atoms with Crippen LogP contribution in [0.5, 0.6) is 11.6 Å². The first-order chi connectivity index (χ1) is 9.02. The fourth-order valence-electron chi connectivity index (χ4n) is 1.45. The minimum absolute atomic E-state index is 0.339. The zero-order valence-electron chi connectivity index (χ0n) is 9.75. The predicted octanol–water partition coefficient (Wildman–Crippen LogP) is 5.44. The van der Waals surface area contributed by atoms with E-state index < -0.39 is 0 Å². The van der Waals surface area contributed by atoms with Crippen molar-refractivity contribution in [3.63, 3.8) is 0 Å². The van der Waals surface area contributed by atoms with Gasteiger partial charge in [-0.25, -0.2) is 9.97 Å². The molecule has 0 aliphatic carbocycles. The van der Waals surface area contributed by atoms with Gasteiger partial charge in [-0.05, 0) is 12.5 Å². The van der Waals surface area contributed by atoms with E-state index in [2.05, 4.69) is 9.97 Å². The molecular formula is C12H8Cl4N2O. The maximum atomic E-state index is 6.04. The zero-order valence-corrected chi connectivity index (χ0v) is 12.8. The lowest BCUT2D eigenvalue weighted by molar-refractivity contribution is 0.455. The van der Waals surface area contributed by atoms with Crippen molar-refractivity contribution in [3.05, 3.63) is 44.2 Å². The molecule has 0 aliphatic heterocycles. The highest BCUT2D eigenvalue weighted by Crippen LogP contribution is 2.37. The van der Waals surface area contributed by atoms with Crippen molar-refractivity contribution in [2.24, 2.45) is 0 Å². The first kappa shape index (κ1) is 14.7. The Morgan fingerprint density at radius 1 is 1.00 bits per heavy atom. The van der Waals surface area contributed by atoms with Crippen LogP contribution in [0.1, 0.15) is 12.5 Å². The zero-order chi connectivity index (χ0) is 14.0. The van der Waals surface area contributed by atoms with Crippen LogP contribution in [-0.2, 0) is 6.42 Å². The van der Waals surface area contributed by atoms with Crippen molar-refractivity contribution < 1.29 is 4.74 Å². The molecule has 0 radical (unpaired) electrons. The molecule has 19 heavy (non-hydrogen) atoms. The van der Waals surface area contributed by atoms with Gasteiger partial charge < -0.3 is 4.74 Å². The number of hydrogen-bond acceptors (Lipinski definition) is 3. The SMILES string of the molecule is CCc1c(Cl)ncnc1Oc1cc(Cl)c(Cl)cc1Cl. The highest BCUT2D eigenvalue weighted by molar-refractivity contribution is 6.43. The second-order valence-corrected chi connectivity index (χ2v) is 5.18. The van der Waals surface area contributed by atoms with Crippen molar-refractivity contribution in [2.75, 3.05) is 0 Å². The average Bonchev–Trinajstić information content (AvgIpc) is 2.36. The first-order valence-corrected chi connectivity index (χ1v) is 6.86. The van der Waals surface area contributed by atoms with Gasteiger partial charge in [0.05, 0.1) is 20.6 Å². The fourth-order valence-corrected chi connectivity index (χ4v) is 2.28. The van der Waals surface area contributed by atoms with Crippen LogP contribution in [0.25, 0.3) is 0 Å². The summed E-state index contributed by atoms with van der Waals surface area (Å²) in [6, 6.07) is 3.04. The van der Waals surface area contributed by atoms with Gasteiger partial charge in [0, 0.05) is 6.07 Å². The number of rotatable bonds is 3. The van der Waals surface area contributed by atoms with E-state index >= 15 is 0 Å². The van der Waals surface area contributed by atoms with Gasteiger partial charge in [0.1, 0.15) is 17.2 Å². The van der Waals surface area contributed by atoms with Crippen LogP contribution in [0.4, 0.5) is 0 Å². The normalized spacial score (nSPS) is 10.6. The Kier molecular flexibility index (Phi) is 4.74. The third-order valence-electron chi connectivity index (χ3n) is 2.39. The van der Waals surface area contributed by atoms with Gasteiger partial charge in [0.15, 0.2) is 0 Å². The van der Waals surface area contributed by atoms with Gasteiger partial charge in [-0.2, -0.15) is 0 Å². The Balaban J connectivity index is 2.42. The Morgan fingerprint density at radius 3 is 2.37 bits per heavy atom. The molecule has 1 heterocycles. The predicted molar refractivity (Wildman–Crippen MR) is 78.0 cm³/mol. The summed E-state index contributed by atoms with van der Waals surface area (Å²) in [6.07, 6.45) is 1.95. The lowest BCUT2D eigenvalue weighted by atomic mass is 10.2. The molecule has 0 saturated heterocycles. The molecule has 0 atom stereocenters. The Hall–Kier alpha value is -0.740. The summed E-state index contributed by atoms with van der Waals surface area (Å²) >= 11 is 23.8. The highest BCUT2D eigenvalue weighted by Gasteiger charge is 2.13. The Bertz CT molecular complexity index is 619. The largest absolute Gasteiger partial charge is 0.437 e. The van der Waals surface area contributed by atoms with Crippen molar-refractivity contribution >= 4 is 46.4 Å². The second kappa shape index (κ2) is 6.14. The van der Waals surface area contributed by atoms with E-state index in [0.717, 1.165) is 0 Å². The van der Waals surface area contributed by atoms with Gasteiger partial charge in [0.25, 0.3) is 0 Å². The van der Waals surface area contributed by atoms with Crippen LogP contribution < -0.4 is 4.74 Å². The minimum Gasteiger partial charge on any atom is -0.437 e. The monoisotopic (exact) mass is 336 g/mol. The van der Waals surface area contributed by atoms with E-state index in [1.54, 1.807) is 0 Å². The molecule has 2 rings (SSSR count). The lowest BCUT2D eigenvalue weighted by Gasteiger charge is -2.11. The van der Waals surface area contributed by atoms with Crippen LogP contribution in [0.2, 0.25) is 20.2 Å². The molecule has 0 fully saturated rings. The number of halogens is 4. The molecule has 7 heteroatoms. The van der Waals surface area contributed by atoms with E-state index in [9.17, 15) is 0 Å². The smallest absolute Gasteiger partial charge is 0.227 e. The molecule has 1 aromatic heterocycles. The van der Waals surface area contributed by atoms with Crippen molar-refractivity contribution in [1.29, 1.82) is 0 Å². The molecule has 3 nitrogen and oxygen atoms in total. The van der Waals surface area contributed by atoms with Crippen molar-refractivity contribution in [1.82, 2.24) is 9.97 Å². The maximum Gasteiger partial charge on any atom is 0.227 e. The molecule has 100 valence electrons. The third-order valence-corrected chi connectivity index (χ3v) is 3.73. The Labute approximate surface area is 130 Å². The van der Waals surface area contributed by atoms with Gasteiger partial charge in [-0.3, -0.25) is 0 Å². The van der Waals surface area contributed by atoms with E-state index in [1.165, 1.54) is 18.5 Å². The summed E-state index contributed by atoms with van der Waals surface area (Å²) in [6.45, 7) is 1.92. The Morgan fingerprint density at radius 2 is 1.68 bits per heavy atom. The molecule has 0 aliphatic rings. The van der Waals surface area contributed by atoms with Crippen LogP contribution >= 0.6 is 46.4 Å². The average molecular weight is 338 g/mol. The second-order valence-electron chi connectivity index (χ2n) is 3.60. The number of nitrogens with zero attached hydrogens (tertiary/aromatic N) is 2. The number of ether oxygens (including phenoxy) is 1. The summed E-state index contributed by atoms with van der Waals surface area (Å²) in [5, 5.41) is 1.39. The molecule has 0 N–H and O–H groups in total. The topological polar surface area (TPSA) is 35.0 Å². The summed E-state index contributed by atoms with van der Waals surface area (Å²) < 4.78 is 5.64. The van der Waals surface area contributed by atoms with Crippen LogP contribution in [0.3, 0.4) is 0 Å². The molecule has 0 amide bonds. The molecular weight excluding hydrogens is 330 g/mol. The number of benzene rings is 1. The summed E-state index contributed by atoms with van der Waals surface area (Å²) in [7, 11) is 0. The molecule has 0 bridgehead atoms. The summed E-state index contributed by atoms with van der Waals surface area (Å²) in [5.74, 6) is 0.711. The quantitative estimate of drug-likeness (QED) is 0.552. The van der Waals surface area contributed by atoms with Crippen LogP contribution in [0.15, 0.2) is 18.5 Å². The maximum absolute atomic E-state index is 6.04. The van der Waals surface area contributed by atoms with Gasteiger partial charge in [-0.1, -0.05) is 53.3 Å². The minimum atomic E-state index is 0.339. The molecule has 2 aromatic rings. The van der Waals surface area contributed by atoms with Gasteiger partial charge >= 0.3 is 0 Å². The van der Waals surface area contributed by atoms with Gasteiger partial charge in [-0.15, -0.1) is 0 Å². The summed E-state index contributed by atoms with van der Waals surface area (Å²) in [4.78, 5) is 7.95. The van der Waals surface area contributed by atoms with E-state index in [4.69, 9.17) is 51.1 Å². The van der Waals surface area contributed by atoms with Crippen LogP contribution in [0, 0.1) is 0 Å². The molecule has 1 aromatic carbocycles. The van der Waals surface area contributed by atoms with E-state index in [0.29, 0.717) is 43.8 Å². The van der Waals surface area contributed by atoms with E-state index in [-0.39, 0.29) is 0 Å². The molecule has 0 spiro atoms. The number of hydrogen-bond donors (Lipinski definition) is 0. The lowest BCUT2D eigenvalue weighted by Crippen LogP contribution is -1.97. The third kappa shape index (κ3) is 3.23. The fraction of sp³-hybridized carbons (Fsp3) is 0.167. The first-order valence-electron chi connectivity index (χ1n) is 5.34. The number of aromatic nitrogens is 2. The molecule has 0 saturated carbocycles. The highest BCUT2D eigenvalue weighted by atomic mass is 35.5. The van der Waals surface area contributed by atoms with Crippen molar-refractivity contribution in [3.8, 4) is 11.6 Å². The molecule has 0 unspecified atom stereocenters. The van der Waals surface area contributed by atoms with E-state index in [1.807, 2.05) is 6.92 Å². The van der Waals surface area contributed by atoms with Crippen LogP contribution in [-0.4, -0.2) is 9.97 Å². The van der Waals surface area contributed by atoms with Gasteiger partial charge in [0.2, 0.25) is 5.88 Å².